The molecule has 0 radical (unpaired) electrons. The van der Waals surface area contributed by atoms with E-state index in [0.29, 0.717) is 48.3 Å². The third-order valence-corrected chi connectivity index (χ3v) is 4.44. The average molecular weight is 324 g/mol. The number of ether oxygens (including phenoxy) is 2. The van der Waals surface area contributed by atoms with Crippen LogP contribution in [0.4, 0.5) is 0 Å². The van der Waals surface area contributed by atoms with Crippen LogP contribution in [0.2, 0.25) is 0 Å². The fraction of sp³-hybridized carbons (Fsp3) is 0.300. The molecule has 0 bridgehead atoms. The molecule has 0 N–H and O–H groups in total. The van der Waals surface area contributed by atoms with Gasteiger partial charge in [0, 0.05) is 18.4 Å². The second kappa shape index (κ2) is 6.87. The van der Waals surface area contributed by atoms with Gasteiger partial charge in [-0.05, 0) is 30.0 Å². The monoisotopic (exact) mass is 324 g/mol. The van der Waals surface area contributed by atoms with Crippen molar-refractivity contribution in [3.05, 3.63) is 58.7 Å². The standard InChI is InChI=1S/C20H20O4/c1-23-18-12-15(14-9-11-17(22)19(14)20(18)24-2)16(21)10-8-13-6-4-3-5-7-13/h3-7,12H,8-11H2,1-2H3. The van der Waals surface area contributed by atoms with Gasteiger partial charge in [0.2, 0.25) is 0 Å². The molecule has 0 spiro atoms. The molecule has 0 aromatic heterocycles. The molecule has 0 fully saturated rings. The van der Waals surface area contributed by atoms with Gasteiger partial charge in [-0.1, -0.05) is 30.3 Å². The fourth-order valence-electron chi connectivity index (χ4n) is 3.24. The van der Waals surface area contributed by atoms with E-state index in [0.717, 1.165) is 11.1 Å². The van der Waals surface area contributed by atoms with E-state index in [9.17, 15) is 9.59 Å². The van der Waals surface area contributed by atoms with E-state index in [1.165, 1.54) is 14.2 Å². The minimum absolute atomic E-state index is 0.0119. The van der Waals surface area contributed by atoms with Crippen molar-refractivity contribution < 1.29 is 19.1 Å². The van der Waals surface area contributed by atoms with E-state index >= 15 is 0 Å². The summed E-state index contributed by atoms with van der Waals surface area (Å²) in [4.78, 5) is 25.0. The van der Waals surface area contributed by atoms with Crippen molar-refractivity contribution in [3.8, 4) is 11.5 Å². The Morgan fingerprint density at radius 1 is 1.08 bits per heavy atom. The summed E-state index contributed by atoms with van der Waals surface area (Å²) in [5.41, 5.74) is 3.03. The molecule has 1 aliphatic carbocycles. The van der Waals surface area contributed by atoms with E-state index in [2.05, 4.69) is 0 Å². The van der Waals surface area contributed by atoms with Gasteiger partial charge in [-0.3, -0.25) is 9.59 Å². The van der Waals surface area contributed by atoms with Crippen LogP contribution in [-0.4, -0.2) is 25.8 Å². The van der Waals surface area contributed by atoms with Crippen LogP contribution in [-0.2, 0) is 12.8 Å². The third kappa shape index (κ3) is 2.92. The van der Waals surface area contributed by atoms with E-state index in [4.69, 9.17) is 9.47 Å². The lowest BCUT2D eigenvalue weighted by atomic mass is 9.95. The predicted octanol–water partition coefficient (Wildman–Crippen LogP) is 3.65. The predicted molar refractivity (Wildman–Crippen MR) is 91.3 cm³/mol. The Labute approximate surface area is 141 Å². The molecule has 0 unspecified atom stereocenters. The molecule has 4 nitrogen and oxygen atoms in total. The Hall–Kier alpha value is -2.62. The topological polar surface area (TPSA) is 52.6 Å². The van der Waals surface area contributed by atoms with E-state index in [1.54, 1.807) is 6.07 Å². The molecule has 0 amide bonds. The summed E-state index contributed by atoms with van der Waals surface area (Å²) < 4.78 is 10.7. The van der Waals surface area contributed by atoms with Crippen molar-refractivity contribution in [1.82, 2.24) is 0 Å². The number of hydrogen-bond acceptors (Lipinski definition) is 4. The zero-order valence-electron chi connectivity index (χ0n) is 13.9. The number of carbonyl (C=O) groups is 2. The second-order valence-electron chi connectivity index (χ2n) is 5.85. The molecule has 124 valence electrons. The Kier molecular flexibility index (Phi) is 4.65. The van der Waals surface area contributed by atoms with Crippen molar-refractivity contribution in [2.75, 3.05) is 14.2 Å². The van der Waals surface area contributed by atoms with Gasteiger partial charge in [-0.25, -0.2) is 0 Å². The number of benzene rings is 2. The molecule has 2 aromatic carbocycles. The summed E-state index contributed by atoms with van der Waals surface area (Å²) in [5.74, 6) is 0.924. The molecular formula is C20H20O4. The molecule has 4 heteroatoms. The summed E-state index contributed by atoms with van der Waals surface area (Å²) in [6.07, 6.45) is 2.08. The summed E-state index contributed by atoms with van der Waals surface area (Å²) >= 11 is 0. The van der Waals surface area contributed by atoms with Gasteiger partial charge in [0.15, 0.2) is 23.1 Å². The molecule has 2 aromatic rings. The van der Waals surface area contributed by atoms with Crippen LogP contribution >= 0.6 is 0 Å². The van der Waals surface area contributed by atoms with Gasteiger partial charge < -0.3 is 9.47 Å². The number of rotatable bonds is 6. The Morgan fingerprint density at radius 3 is 2.50 bits per heavy atom. The number of Topliss-reactive ketones (excluding diaryl/α,β-unsaturated/α-hetero) is 2. The van der Waals surface area contributed by atoms with Crippen molar-refractivity contribution in [2.24, 2.45) is 0 Å². The van der Waals surface area contributed by atoms with Gasteiger partial charge in [-0.2, -0.15) is 0 Å². The zero-order chi connectivity index (χ0) is 17.1. The SMILES string of the molecule is COc1cc(C(=O)CCc2ccccc2)c2c(c1OC)C(=O)CC2. The molecule has 3 rings (SSSR count). The largest absolute Gasteiger partial charge is 0.493 e. The van der Waals surface area contributed by atoms with Crippen LogP contribution < -0.4 is 9.47 Å². The highest BCUT2D eigenvalue weighted by Gasteiger charge is 2.31. The number of ketones is 2. The van der Waals surface area contributed by atoms with E-state index < -0.39 is 0 Å². The minimum atomic E-state index is 0.0119. The van der Waals surface area contributed by atoms with Gasteiger partial charge in [-0.15, -0.1) is 0 Å². The highest BCUT2D eigenvalue weighted by atomic mass is 16.5. The molecular weight excluding hydrogens is 304 g/mol. The number of aryl methyl sites for hydroxylation is 1. The molecule has 24 heavy (non-hydrogen) atoms. The molecule has 0 saturated carbocycles. The first kappa shape index (κ1) is 16.2. The van der Waals surface area contributed by atoms with Gasteiger partial charge in [0.1, 0.15) is 0 Å². The number of methoxy groups -OCH3 is 2. The first-order valence-corrected chi connectivity index (χ1v) is 8.04. The quantitative estimate of drug-likeness (QED) is 0.761. The van der Waals surface area contributed by atoms with Crippen LogP contribution in [0.3, 0.4) is 0 Å². The minimum Gasteiger partial charge on any atom is -0.493 e. The number of carbonyl (C=O) groups excluding carboxylic acids is 2. The van der Waals surface area contributed by atoms with E-state index in [1.807, 2.05) is 30.3 Å². The maximum Gasteiger partial charge on any atom is 0.171 e. The lowest BCUT2D eigenvalue weighted by molar-refractivity contribution is 0.0979. The van der Waals surface area contributed by atoms with Gasteiger partial charge >= 0.3 is 0 Å². The maximum atomic E-state index is 12.7. The Bertz CT molecular complexity index is 778. The van der Waals surface area contributed by atoms with Crippen LogP contribution in [0.25, 0.3) is 0 Å². The molecule has 0 heterocycles. The van der Waals surface area contributed by atoms with Crippen molar-refractivity contribution in [3.63, 3.8) is 0 Å². The van der Waals surface area contributed by atoms with Crippen molar-refractivity contribution in [2.45, 2.75) is 25.7 Å². The lowest BCUT2D eigenvalue weighted by Crippen LogP contribution is -2.08. The van der Waals surface area contributed by atoms with Crippen LogP contribution in [0, 0.1) is 0 Å². The van der Waals surface area contributed by atoms with Crippen LogP contribution in [0.15, 0.2) is 36.4 Å². The molecule has 0 aliphatic heterocycles. The molecule has 0 atom stereocenters. The highest BCUT2D eigenvalue weighted by molar-refractivity contribution is 6.09. The summed E-state index contributed by atoms with van der Waals surface area (Å²) in [5, 5.41) is 0. The number of fused-ring (bicyclic) bond motifs is 1. The summed E-state index contributed by atoms with van der Waals surface area (Å²) in [6.45, 7) is 0. The number of hydrogen-bond donors (Lipinski definition) is 0. The van der Waals surface area contributed by atoms with Crippen molar-refractivity contribution >= 4 is 11.6 Å². The first-order valence-electron chi connectivity index (χ1n) is 8.04. The summed E-state index contributed by atoms with van der Waals surface area (Å²) in [6, 6.07) is 11.6. The Morgan fingerprint density at radius 2 is 1.83 bits per heavy atom. The van der Waals surface area contributed by atoms with Gasteiger partial charge in [0.05, 0.1) is 19.8 Å². The van der Waals surface area contributed by atoms with Gasteiger partial charge in [0.25, 0.3) is 0 Å². The average Bonchev–Trinajstić information content (AvgIpc) is 3.01. The fourth-order valence-corrected chi connectivity index (χ4v) is 3.24. The Balaban J connectivity index is 1.93. The normalized spacial score (nSPS) is 12.8. The second-order valence-corrected chi connectivity index (χ2v) is 5.85. The van der Waals surface area contributed by atoms with Crippen molar-refractivity contribution in [1.29, 1.82) is 0 Å². The lowest BCUT2D eigenvalue weighted by Gasteiger charge is -2.15. The van der Waals surface area contributed by atoms with Crippen LogP contribution in [0.1, 0.15) is 44.7 Å². The molecule has 1 aliphatic rings. The zero-order valence-corrected chi connectivity index (χ0v) is 13.9. The third-order valence-electron chi connectivity index (χ3n) is 4.44. The summed E-state index contributed by atoms with van der Waals surface area (Å²) in [7, 11) is 3.03. The van der Waals surface area contributed by atoms with Crippen LogP contribution in [0.5, 0.6) is 11.5 Å². The highest BCUT2D eigenvalue weighted by Crippen LogP contribution is 2.41. The molecule has 0 saturated heterocycles. The first-order chi connectivity index (χ1) is 11.7. The smallest absolute Gasteiger partial charge is 0.171 e. The maximum absolute atomic E-state index is 12.7. The van der Waals surface area contributed by atoms with E-state index in [-0.39, 0.29) is 11.6 Å².